The fraction of sp³-hybridized carbons (Fsp3) is 0.714. The van der Waals surface area contributed by atoms with Gasteiger partial charge in [-0.25, -0.2) is 8.42 Å². The molecule has 1 aliphatic heterocycles. The number of carbonyl (C=O) groups is 1. The molecule has 1 fully saturated rings. The highest BCUT2D eigenvalue weighted by atomic mass is 32.2. The molecule has 0 aromatic carbocycles. The third-order valence-electron chi connectivity index (χ3n) is 4.03. The summed E-state index contributed by atoms with van der Waals surface area (Å²) in [7, 11) is -2.95. The fourth-order valence-electron chi connectivity index (χ4n) is 2.85. The number of sulfone groups is 1. The average molecular weight is 313 g/mol. The van der Waals surface area contributed by atoms with Crippen LogP contribution in [0.2, 0.25) is 0 Å². The maximum Gasteiger partial charge on any atom is 0.220 e. The van der Waals surface area contributed by atoms with Gasteiger partial charge in [0.15, 0.2) is 9.84 Å². The molecule has 2 rings (SSSR count). The van der Waals surface area contributed by atoms with Crippen LogP contribution in [0.5, 0.6) is 0 Å². The molecule has 2 heterocycles. The number of amides is 1. The molecule has 0 radical (unpaired) electrons. The lowest BCUT2D eigenvalue weighted by Gasteiger charge is -2.10. The van der Waals surface area contributed by atoms with E-state index in [-0.39, 0.29) is 23.5 Å². The molecule has 21 heavy (non-hydrogen) atoms. The molecule has 1 aromatic heterocycles. The Morgan fingerprint density at radius 1 is 1.43 bits per heavy atom. The van der Waals surface area contributed by atoms with E-state index in [1.165, 1.54) is 0 Å². The van der Waals surface area contributed by atoms with Gasteiger partial charge in [-0.15, -0.1) is 0 Å². The van der Waals surface area contributed by atoms with Crippen molar-refractivity contribution in [2.75, 3.05) is 11.5 Å². The van der Waals surface area contributed by atoms with E-state index in [0.29, 0.717) is 19.3 Å². The van der Waals surface area contributed by atoms with Crippen LogP contribution in [0.25, 0.3) is 0 Å². The Balaban J connectivity index is 1.89. The molecule has 1 saturated heterocycles. The van der Waals surface area contributed by atoms with Gasteiger partial charge in [-0.2, -0.15) is 5.10 Å². The predicted octanol–water partition coefficient (Wildman–Crippen LogP) is 0.756. The van der Waals surface area contributed by atoms with Gasteiger partial charge in [0, 0.05) is 24.7 Å². The molecule has 1 atom stereocenters. The first-order valence-corrected chi connectivity index (χ1v) is 9.17. The van der Waals surface area contributed by atoms with Crippen molar-refractivity contribution < 1.29 is 13.2 Å². The highest BCUT2D eigenvalue weighted by Gasteiger charge is 2.28. The summed E-state index contributed by atoms with van der Waals surface area (Å²) in [6.07, 6.45) is 1.54. The summed E-state index contributed by atoms with van der Waals surface area (Å²) in [4.78, 5) is 11.9. The second kappa shape index (κ2) is 6.17. The molecule has 0 spiro atoms. The van der Waals surface area contributed by atoms with Crippen molar-refractivity contribution in [1.82, 2.24) is 15.1 Å². The number of nitrogens with one attached hydrogen (secondary N) is 1. The van der Waals surface area contributed by atoms with E-state index in [1.807, 2.05) is 25.5 Å². The molecule has 0 aliphatic carbocycles. The first-order valence-electron chi connectivity index (χ1n) is 7.35. The van der Waals surface area contributed by atoms with Crippen molar-refractivity contribution in [3.05, 3.63) is 17.0 Å². The molecule has 118 valence electrons. The van der Waals surface area contributed by atoms with Gasteiger partial charge in [-0.05, 0) is 39.2 Å². The molecule has 0 bridgehead atoms. The third-order valence-corrected chi connectivity index (χ3v) is 5.80. The molecule has 1 amide bonds. The van der Waals surface area contributed by atoms with Gasteiger partial charge in [-0.1, -0.05) is 0 Å². The molecule has 1 N–H and O–H groups in total. The monoisotopic (exact) mass is 313 g/mol. The first kappa shape index (κ1) is 16.0. The van der Waals surface area contributed by atoms with Gasteiger partial charge < -0.3 is 5.32 Å². The second-order valence-electron chi connectivity index (χ2n) is 5.63. The van der Waals surface area contributed by atoms with Crippen LogP contribution in [0.4, 0.5) is 0 Å². The largest absolute Gasteiger partial charge is 0.352 e. The summed E-state index contributed by atoms with van der Waals surface area (Å²) in [6.45, 7) is 6.82. The van der Waals surface area contributed by atoms with Crippen LogP contribution in [-0.2, 0) is 27.6 Å². The number of carbonyl (C=O) groups excluding carboxylic acids is 1. The van der Waals surface area contributed by atoms with Crippen molar-refractivity contribution in [2.24, 2.45) is 0 Å². The average Bonchev–Trinajstić information content (AvgIpc) is 2.87. The Morgan fingerprint density at radius 3 is 2.67 bits per heavy atom. The normalized spacial score (nSPS) is 20.6. The first-order chi connectivity index (χ1) is 9.82. The summed E-state index contributed by atoms with van der Waals surface area (Å²) in [5.41, 5.74) is 3.18. The number of rotatable bonds is 5. The van der Waals surface area contributed by atoms with Crippen LogP contribution in [-0.4, -0.2) is 41.7 Å². The van der Waals surface area contributed by atoms with Gasteiger partial charge in [0.25, 0.3) is 0 Å². The number of nitrogens with zero attached hydrogens (tertiary/aromatic N) is 2. The zero-order valence-corrected chi connectivity index (χ0v) is 13.7. The summed E-state index contributed by atoms with van der Waals surface area (Å²) >= 11 is 0. The van der Waals surface area contributed by atoms with Crippen LogP contribution in [0.1, 0.15) is 36.7 Å². The van der Waals surface area contributed by atoms with Crippen LogP contribution < -0.4 is 5.32 Å². The lowest BCUT2D eigenvalue weighted by molar-refractivity contribution is -0.121. The Labute approximate surface area is 125 Å². The van der Waals surface area contributed by atoms with E-state index in [4.69, 9.17) is 0 Å². The zero-order valence-electron chi connectivity index (χ0n) is 12.8. The minimum Gasteiger partial charge on any atom is -0.352 e. The number of aryl methyl sites for hydroxylation is 2. The zero-order chi connectivity index (χ0) is 15.6. The van der Waals surface area contributed by atoms with E-state index < -0.39 is 9.84 Å². The van der Waals surface area contributed by atoms with Crippen molar-refractivity contribution in [3.8, 4) is 0 Å². The van der Waals surface area contributed by atoms with E-state index in [2.05, 4.69) is 10.4 Å². The summed E-state index contributed by atoms with van der Waals surface area (Å²) in [5.74, 6) is 0.171. The quantitative estimate of drug-likeness (QED) is 0.870. The minimum atomic E-state index is -2.95. The number of hydrogen-bond donors (Lipinski definition) is 1. The molecule has 7 heteroatoms. The lowest BCUT2D eigenvalue weighted by atomic mass is 10.1. The Hall–Kier alpha value is -1.37. The minimum absolute atomic E-state index is 0.0740. The van der Waals surface area contributed by atoms with E-state index in [1.54, 1.807) is 0 Å². The highest BCUT2D eigenvalue weighted by molar-refractivity contribution is 7.91. The van der Waals surface area contributed by atoms with E-state index in [9.17, 15) is 13.2 Å². The predicted molar refractivity (Wildman–Crippen MR) is 80.9 cm³/mol. The molecular weight excluding hydrogens is 290 g/mol. The molecular formula is C14H23N3O3S. The maximum absolute atomic E-state index is 11.9. The van der Waals surface area contributed by atoms with Gasteiger partial charge in [0.1, 0.15) is 0 Å². The standard InChI is InChI=1S/C14H23N3O3S/c1-4-17-11(3)13(10(2)16-17)5-6-14(18)15-12-7-8-21(19,20)9-12/h12H,4-9H2,1-3H3,(H,15,18)/t12-/m1/s1. The van der Waals surface area contributed by atoms with E-state index in [0.717, 1.165) is 23.5 Å². The smallest absolute Gasteiger partial charge is 0.220 e. The fourth-order valence-corrected chi connectivity index (χ4v) is 4.52. The van der Waals surface area contributed by atoms with Crippen molar-refractivity contribution in [3.63, 3.8) is 0 Å². The summed E-state index contributed by atoms with van der Waals surface area (Å²) in [6, 6.07) is -0.219. The van der Waals surface area contributed by atoms with Gasteiger partial charge in [0.2, 0.25) is 5.91 Å². The van der Waals surface area contributed by atoms with Crippen molar-refractivity contribution in [1.29, 1.82) is 0 Å². The highest BCUT2D eigenvalue weighted by Crippen LogP contribution is 2.16. The molecule has 1 aromatic rings. The molecule has 0 saturated carbocycles. The Kier molecular flexibility index (Phi) is 4.70. The number of aromatic nitrogens is 2. The Bertz CT molecular complexity index is 634. The van der Waals surface area contributed by atoms with Gasteiger partial charge >= 0.3 is 0 Å². The van der Waals surface area contributed by atoms with Crippen molar-refractivity contribution >= 4 is 15.7 Å². The van der Waals surface area contributed by atoms with Crippen LogP contribution in [0.3, 0.4) is 0 Å². The Morgan fingerprint density at radius 2 is 2.14 bits per heavy atom. The van der Waals surface area contributed by atoms with E-state index >= 15 is 0 Å². The molecule has 1 aliphatic rings. The summed E-state index contributed by atoms with van der Waals surface area (Å²) in [5, 5.41) is 7.25. The third kappa shape index (κ3) is 3.84. The van der Waals surface area contributed by atoms with Crippen LogP contribution >= 0.6 is 0 Å². The molecule has 0 unspecified atom stereocenters. The van der Waals surface area contributed by atoms with Gasteiger partial charge in [-0.3, -0.25) is 9.48 Å². The van der Waals surface area contributed by atoms with Crippen LogP contribution in [0, 0.1) is 13.8 Å². The second-order valence-corrected chi connectivity index (χ2v) is 7.86. The number of hydrogen-bond acceptors (Lipinski definition) is 4. The SMILES string of the molecule is CCn1nc(C)c(CCC(=O)N[C@@H]2CCS(=O)(=O)C2)c1C. The topological polar surface area (TPSA) is 81.1 Å². The van der Waals surface area contributed by atoms with Crippen LogP contribution in [0.15, 0.2) is 0 Å². The lowest BCUT2D eigenvalue weighted by Crippen LogP contribution is -2.35. The van der Waals surface area contributed by atoms with Gasteiger partial charge in [0.05, 0.1) is 17.2 Å². The van der Waals surface area contributed by atoms with Crippen molar-refractivity contribution in [2.45, 2.75) is 52.6 Å². The summed E-state index contributed by atoms with van der Waals surface area (Å²) < 4.78 is 24.7. The maximum atomic E-state index is 11.9. The molecule has 6 nitrogen and oxygen atoms in total.